The van der Waals surface area contributed by atoms with E-state index in [0.29, 0.717) is 0 Å². The van der Waals surface area contributed by atoms with Crippen LogP contribution in [0.1, 0.15) is 6.92 Å². The lowest BCUT2D eigenvalue weighted by atomic mass is 9.38. The number of amides is 2. The summed E-state index contributed by atoms with van der Waals surface area (Å²) in [7, 11) is 3.65. The van der Waals surface area contributed by atoms with Crippen LogP contribution in [0.25, 0.3) is 0 Å². The van der Waals surface area contributed by atoms with Crippen molar-refractivity contribution in [2.24, 2.45) is 57.5 Å². The molecule has 0 spiro atoms. The topological polar surface area (TPSA) is 188 Å². The highest BCUT2D eigenvalue weighted by atomic mass is 16.5. The Balaban J connectivity index is 1.70. The number of ether oxygens (including phenoxy) is 4. The summed E-state index contributed by atoms with van der Waals surface area (Å²) >= 11 is 0. The monoisotopic (exact) mass is 546 g/mol. The number of carbonyl (C=O) groups is 6. The first kappa shape index (κ1) is 27.9. The Morgan fingerprint density at radius 3 is 1.54 bits per heavy atom. The van der Waals surface area contributed by atoms with Gasteiger partial charge in [-0.3, -0.25) is 28.8 Å². The number of nitrogens with one attached hydrogen (secondary N) is 2. The Morgan fingerprint density at radius 1 is 0.718 bits per heavy atom. The van der Waals surface area contributed by atoms with Gasteiger partial charge in [-0.2, -0.15) is 0 Å². The first-order valence-electron chi connectivity index (χ1n) is 12.5. The van der Waals surface area contributed by atoms with Gasteiger partial charge in [0.15, 0.2) is 0 Å². The molecule has 0 aromatic rings. The molecule has 14 nitrogen and oxygen atoms in total. The van der Waals surface area contributed by atoms with Gasteiger partial charge in [0.25, 0.3) is 11.8 Å². The van der Waals surface area contributed by atoms with Gasteiger partial charge < -0.3 is 29.6 Å². The van der Waals surface area contributed by atoms with E-state index in [0.717, 1.165) is 0 Å². The molecule has 4 aliphatic carbocycles. The molecule has 2 fully saturated rings. The van der Waals surface area contributed by atoms with Gasteiger partial charge in [-0.05, 0) is 30.6 Å². The third-order valence-corrected chi connectivity index (χ3v) is 7.95. The van der Waals surface area contributed by atoms with E-state index in [4.69, 9.17) is 14.2 Å². The Hall–Kier alpha value is -4.10. The van der Waals surface area contributed by atoms with Gasteiger partial charge in [0, 0.05) is 11.8 Å². The quantitative estimate of drug-likeness (QED) is 0.199. The summed E-state index contributed by atoms with van der Waals surface area (Å²) in [5.41, 5.74) is -0.0134. The van der Waals surface area contributed by atoms with Crippen LogP contribution in [0.3, 0.4) is 0 Å². The largest absolute Gasteiger partial charge is 0.469 e. The number of fused-ring (bicyclic) bond motifs is 2. The van der Waals surface area contributed by atoms with E-state index in [2.05, 4.69) is 25.6 Å². The average molecular weight is 547 g/mol. The molecule has 1 heterocycles. The minimum absolute atomic E-state index is 0.00532. The second kappa shape index (κ2) is 11.3. The van der Waals surface area contributed by atoms with E-state index in [1.807, 2.05) is 12.2 Å². The SMILES string of the molecule is CCOC(=O)CNC(=O)C1=NN=C(C(=O)NCC(=O)OC)C2C1C1C2[C@@H]2C=C[C@@H]1C(C(=O)OC)C2C(=O)OC. The van der Waals surface area contributed by atoms with E-state index < -0.39 is 84.3 Å². The van der Waals surface area contributed by atoms with E-state index in [1.54, 1.807) is 6.92 Å². The summed E-state index contributed by atoms with van der Waals surface area (Å²) < 4.78 is 19.5. The Kier molecular flexibility index (Phi) is 8.11. The molecule has 2 N–H and O–H groups in total. The standard InChI is InChI=1S/C25H30N4O10/c1-5-39-13(31)9-27-23(33)21-19-15-11-7-6-10(16(24(34)37-3)17(11)25(35)38-4)14(15)18(19)20(28-29-21)22(32)26-8-12(30)36-2/h6-7,10-11,14-19H,5,8-9H2,1-4H3,(H,26,32)(H,27,33)/t10-,11-,14?,15?,16?,17?,18?,19?/m0/s1. The lowest BCUT2D eigenvalue weighted by molar-refractivity contribution is -0.180. The fourth-order valence-electron chi connectivity index (χ4n) is 6.50. The van der Waals surface area contributed by atoms with Crippen LogP contribution in [0.4, 0.5) is 0 Å². The molecule has 0 saturated heterocycles. The highest BCUT2D eigenvalue weighted by molar-refractivity contribution is 6.46. The fourth-order valence-corrected chi connectivity index (χ4v) is 6.50. The normalized spacial score (nSPS) is 31.2. The smallest absolute Gasteiger partial charge is 0.325 e. The molecule has 0 aromatic heterocycles. The molecular formula is C25H30N4O10. The van der Waals surface area contributed by atoms with Crippen molar-refractivity contribution < 1.29 is 47.7 Å². The summed E-state index contributed by atoms with van der Waals surface area (Å²) in [5, 5.41) is 13.0. The number of hydrogen-bond donors (Lipinski definition) is 2. The van der Waals surface area contributed by atoms with E-state index in [9.17, 15) is 28.8 Å². The Bertz CT molecular complexity index is 1180. The Morgan fingerprint density at radius 2 is 1.15 bits per heavy atom. The van der Waals surface area contributed by atoms with Gasteiger partial charge in [-0.15, -0.1) is 10.2 Å². The third kappa shape index (κ3) is 4.79. The number of nitrogens with zero attached hydrogens (tertiary/aromatic N) is 2. The molecular weight excluding hydrogens is 516 g/mol. The van der Waals surface area contributed by atoms with Gasteiger partial charge in [-0.1, -0.05) is 12.2 Å². The van der Waals surface area contributed by atoms with Crippen LogP contribution in [0.5, 0.6) is 0 Å². The molecule has 5 aliphatic rings. The fraction of sp³-hybridized carbons (Fsp3) is 0.600. The molecule has 1 aliphatic heterocycles. The van der Waals surface area contributed by atoms with E-state index in [1.165, 1.54) is 21.3 Å². The summed E-state index contributed by atoms with van der Waals surface area (Å²) in [4.78, 5) is 75.3. The van der Waals surface area contributed by atoms with Gasteiger partial charge in [0.2, 0.25) is 0 Å². The van der Waals surface area contributed by atoms with Crippen LogP contribution in [-0.2, 0) is 47.7 Å². The zero-order valence-electron chi connectivity index (χ0n) is 21.9. The zero-order valence-corrected chi connectivity index (χ0v) is 21.9. The second-order valence-corrected chi connectivity index (χ2v) is 9.56. The van der Waals surface area contributed by atoms with Crippen molar-refractivity contribution in [3.63, 3.8) is 0 Å². The van der Waals surface area contributed by atoms with E-state index >= 15 is 0 Å². The van der Waals surface area contributed by atoms with Gasteiger partial charge in [-0.25, -0.2) is 0 Å². The maximum atomic E-state index is 13.1. The van der Waals surface area contributed by atoms with Crippen LogP contribution in [-0.4, -0.2) is 88.1 Å². The maximum Gasteiger partial charge on any atom is 0.325 e. The molecule has 6 unspecified atom stereocenters. The van der Waals surface area contributed by atoms with Gasteiger partial charge in [0.05, 0.1) is 39.8 Å². The van der Waals surface area contributed by atoms with Crippen molar-refractivity contribution in [2.75, 3.05) is 41.0 Å². The number of esters is 4. The number of methoxy groups -OCH3 is 3. The van der Waals surface area contributed by atoms with Gasteiger partial charge >= 0.3 is 23.9 Å². The van der Waals surface area contributed by atoms with Crippen LogP contribution < -0.4 is 10.6 Å². The maximum absolute atomic E-state index is 13.1. The minimum atomic E-state index is -0.862. The molecule has 2 saturated carbocycles. The second-order valence-electron chi connectivity index (χ2n) is 9.56. The molecule has 210 valence electrons. The molecule has 14 heteroatoms. The van der Waals surface area contributed by atoms with Crippen molar-refractivity contribution in [3.05, 3.63) is 12.2 Å². The highest BCUT2D eigenvalue weighted by Crippen LogP contribution is 2.66. The molecule has 0 radical (unpaired) electrons. The molecule has 2 amide bonds. The summed E-state index contributed by atoms with van der Waals surface area (Å²) in [5.74, 6) is -8.61. The van der Waals surface area contributed by atoms with Crippen LogP contribution in [0, 0.1) is 47.3 Å². The van der Waals surface area contributed by atoms with Crippen LogP contribution in [0.2, 0.25) is 0 Å². The number of allylic oxidation sites excluding steroid dienone is 2. The lowest BCUT2D eigenvalue weighted by Gasteiger charge is -2.64. The number of carbonyl (C=O) groups excluding carboxylic acids is 6. The zero-order chi connectivity index (χ0) is 28.4. The predicted octanol–water partition coefficient (Wildman–Crippen LogP) is -1.36. The molecule has 8 atom stereocenters. The summed E-state index contributed by atoms with van der Waals surface area (Å²) in [6.07, 6.45) is 3.67. The van der Waals surface area contributed by atoms with Crippen molar-refractivity contribution in [2.45, 2.75) is 6.92 Å². The summed E-state index contributed by atoms with van der Waals surface area (Å²) in [6, 6.07) is 0. The van der Waals surface area contributed by atoms with Crippen molar-refractivity contribution >= 4 is 47.1 Å². The van der Waals surface area contributed by atoms with E-state index in [-0.39, 0.29) is 29.9 Å². The van der Waals surface area contributed by atoms with Gasteiger partial charge in [0.1, 0.15) is 24.5 Å². The van der Waals surface area contributed by atoms with Crippen LogP contribution in [0.15, 0.2) is 22.4 Å². The lowest BCUT2D eigenvalue weighted by Crippen LogP contribution is -2.70. The predicted molar refractivity (Wildman–Crippen MR) is 131 cm³/mol. The van der Waals surface area contributed by atoms with Crippen molar-refractivity contribution in [3.8, 4) is 0 Å². The van der Waals surface area contributed by atoms with Crippen LogP contribution >= 0.6 is 0 Å². The number of rotatable bonds is 9. The highest BCUT2D eigenvalue weighted by Gasteiger charge is 2.70. The number of hydrogen-bond acceptors (Lipinski definition) is 12. The first-order chi connectivity index (χ1) is 18.7. The first-order valence-corrected chi connectivity index (χ1v) is 12.5. The van der Waals surface area contributed by atoms with Crippen molar-refractivity contribution in [1.29, 1.82) is 0 Å². The average Bonchev–Trinajstić information content (AvgIpc) is 2.94. The molecule has 39 heavy (non-hydrogen) atoms. The minimum Gasteiger partial charge on any atom is -0.469 e. The third-order valence-electron chi connectivity index (χ3n) is 7.95. The van der Waals surface area contributed by atoms with Crippen molar-refractivity contribution in [1.82, 2.24) is 10.6 Å². The Labute approximate surface area is 223 Å². The molecule has 5 rings (SSSR count). The molecule has 0 aromatic carbocycles. The summed E-state index contributed by atoms with van der Waals surface area (Å²) in [6.45, 7) is 0.979. The molecule has 2 bridgehead atoms.